The van der Waals surface area contributed by atoms with Crippen molar-refractivity contribution in [1.29, 1.82) is 0 Å². The van der Waals surface area contributed by atoms with E-state index in [0.29, 0.717) is 10.6 Å². The highest BCUT2D eigenvalue weighted by molar-refractivity contribution is 7.98. The summed E-state index contributed by atoms with van der Waals surface area (Å²) in [6.07, 6.45) is 1.81. The fourth-order valence-electron chi connectivity index (χ4n) is 1.03. The molecule has 0 fully saturated rings. The van der Waals surface area contributed by atoms with Crippen molar-refractivity contribution in [2.45, 2.75) is 4.90 Å². The van der Waals surface area contributed by atoms with Crippen LogP contribution in [0.1, 0.15) is 0 Å². The van der Waals surface area contributed by atoms with E-state index < -0.39 is 0 Å². The number of hydrogen-bond donors (Lipinski definition) is 0. The summed E-state index contributed by atoms with van der Waals surface area (Å²) in [5.74, 6) is 0.210. The van der Waals surface area contributed by atoms with E-state index in [1.165, 1.54) is 26.0 Å². The lowest BCUT2D eigenvalue weighted by Crippen LogP contribution is -1.94. The van der Waals surface area contributed by atoms with Crippen LogP contribution in [0.5, 0.6) is 11.5 Å². The molecule has 0 heterocycles. The SMILES string of the molecule is COc1ccc(SC)c(F)c1OC. The summed E-state index contributed by atoms with van der Waals surface area (Å²) in [5.41, 5.74) is 0. The molecule has 0 saturated carbocycles. The molecule has 0 radical (unpaired) electrons. The molecule has 13 heavy (non-hydrogen) atoms. The molecule has 1 aromatic carbocycles. The zero-order valence-corrected chi connectivity index (χ0v) is 8.57. The van der Waals surface area contributed by atoms with Crippen LogP contribution in [0.3, 0.4) is 0 Å². The molecule has 1 rings (SSSR count). The molecular weight excluding hydrogens is 191 g/mol. The van der Waals surface area contributed by atoms with Crippen molar-refractivity contribution < 1.29 is 13.9 Å². The molecule has 72 valence electrons. The van der Waals surface area contributed by atoms with Crippen molar-refractivity contribution in [2.24, 2.45) is 0 Å². The molecule has 0 aromatic heterocycles. The number of thioether (sulfide) groups is 1. The summed E-state index contributed by atoms with van der Waals surface area (Å²) in [7, 11) is 2.90. The van der Waals surface area contributed by atoms with Gasteiger partial charge in [-0.1, -0.05) is 0 Å². The zero-order chi connectivity index (χ0) is 9.84. The van der Waals surface area contributed by atoms with Gasteiger partial charge in [-0.3, -0.25) is 0 Å². The van der Waals surface area contributed by atoms with E-state index in [4.69, 9.17) is 9.47 Å². The van der Waals surface area contributed by atoms with E-state index in [0.717, 1.165) is 0 Å². The predicted molar refractivity (Wildman–Crippen MR) is 51.3 cm³/mol. The third kappa shape index (κ3) is 1.88. The smallest absolute Gasteiger partial charge is 0.197 e. The summed E-state index contributed by atoms with van der Waals surface area (Å²) in [6, 6.07) is 3.36. The van der Waals surface area contributed by atoms with E-state index in [-0.39, 0.29) is 11.6 Å². The zero-order valence-electron chi connectivity index (χ0n) is 7.76. The van der Waals surface area contributed by atoms with E-state index in [1.54, 1.807) is 12.1 Å². The molecule has 0 atom stereocenters. The highest BCUT2D eigenvalue weighted by Crippen LogP contribution is 2.35. The van der Waals surface area contributed by atoms with Crippen LogP contribution in [0.15, 0.2) is 17.0 Å². The molecule has 0 aliphatic heterocycles. The minimum absolute atomic E-state index is 0.161. The lowest BCUT2D eigenvalue weighted by Gasteiger charge is -2.09. The van der Waals surface area contributed by atoms with Crippen LogP contribution in [-0.2, 0) is 0 Å². The highest BCUT2D eigenvalue weighted by Gasteiger charge is 2.13. The average Bonchev–Trinajstić information content (AvgIpc) is 2.17. The topological polar surface area (TPSA) is 18.5 Å². The van der Waals surface area contributed by atoms with Gasteiger partial charge in [-0.25, -0.2) is 4.39 Å². The first-order valence-electron chi connectivity index (χ1n) is 3.69. The van der Waals surface area contributed by atoms with Crippen molar-refractivity contribution in [1.82, 2.24) is 0 Å². The van der Waals surface area contributed by atoms with Gasteiger partial charge in [-0.2, -0.15) is 0 Å². The van der Waals surface area contributed by atoms with Crippen molar-refractivity contribution in [3.05, 3.63) is 17.9 Å². The Balaban J connectivity index is 3.23. The fraction of sp³-hybridized carbons (Fsp3) is 0.333. The van der Waals surface area contributed by atoms with Crippen molar-refractivity contribution >= 4 is 11.8 Å². The maximum Gasteiger partial charge on any atom is 0.197 e. The Labute approximate surface area is 81.0 Å². The Hall–Kier alpha value is -0.900. The maximum atomic E-state index is 13.5. The van der Waals surface area contributed by atoms with E-state index in [2.05, 4.69) is 0 Å². The van der Waals surface area contributed by atoms with Gasteiger partial charge in [-0.15, -0.1) is 11.8 Å². The van der Waals surface area contributed by atoms with Crippen LogP contribution in [-0.4, -0.2) is 20.5 Å². The van der Waals surface area contributed by atoms with Crippen LogP contribution in [0.25, 0.3) is 0 Å². The van der Waals surface area contributed by atoms with Gasteiger partial charge in [-0.05, 0) is 18.4 Å². The second-order valence-corrected chi connectivity index (χ2v) is 3.17. The van der Waals surface area contributed by atoms with Crippen molar-refractivity contribution in [3.63, 3.8) is 0 Å². The highest BCUT2D eigenvalue weighted by atomic mass is 32.2. The summed E-state index contributed by atoms with van der Waals surface area (Å²) in [6.45, 7) is 0. The van der Waals surface area contributed by atoms with Gasteiger partial charge < -0.3 is 9.47 Å². The minimum atomic E-state index is -0.366. The molecule has 1 aromatic rings. The molecule has 0 saturated heterocycles. The van der Waals surface area contributed by atoms with Gasteiger partial charge in [0.25, 0.3) is 0 Å². The van der Waals surface area contributed by atoms with Gasteiger partial charge in [0.2, 0.25) is 0 Å². The third-order valence-corrected chi connectivity index (χ3v) is 2.42. The lowest BCUT2D eigenvalue weighted by molar-refractivity contribution is 0.334. The first-order chi connectivity index (χ1) is 6.24. The number of rotatable bonds is 3. The van der Waals surface area contributed by atoms with Crippen LogP contribution in [0, 0.1) is 5.82 Å². The van der Waals surface area contributed by atoms with Crippen LogP contribution < -0.4 is 9.47 Å². The Morgan fingerprint density at radius 1 is 1.23 bits per heavy atom. The average molecular weight is 202 g/mol. The summed E-state index contributed by atoms with van der Waals surface area (Å²) in [4.78, 5) is 0.553. The number of benzene rings is 1. The molecule has 0 aliphatic carbocycles. The summed E-state index contributed by atoms with van der Waals surface area (Å²) in [5, 5.41) is 0. The van der Waals surface area contributed by atoms with Gasteiger partial charge in [0.1, 0.15) is 0 Å². The van der Waals surface area contributed by atoms with Gasteiger partial charge in [0.05, 0.1) is 14.2 Å². The minimum Gasteiger partial charge on any atom is -0.493 e. The number of hydrogen-bond acceptors (Lipinski definition) is 3. The lowest BCUT2D eigenvalue weighted by atomic mass is 10.3. The standard InChI is InChI=1S/C9H11FO2S/c1-11-6-4-5-7(13-3)8(10)9(6)12-2/h4-5H,1-3H3. The van der Waals surface area contributed by atoms with Crippen LogP contribution in [0.2, 0.25) is 0 Å². The second kappa shape index (κ2) is 4.37. The molecule has 0 bridgehead atoms. The van der Waals surface area contributed by atoms with Crippen molar-refractivity contribution in [2.75, 3.05) is 20.5 Å². The van der Waals surface area contributed by atoms with E-state index >= 15 is 0 Å². The van der Waals surface area contributed by atoms with Gasteiger partial charge in [0.15, 0.2) is 17.3 Å². The van der Waals surface area contributed by atoms with Gasteiger partial charge in [0, 0.05) is 4.90 Å². The second-order valence-electron chi connectivity index (χ2n) is 2.32. The van der Waals surface area contributed by atoms with Crippen LogP contribution >= 0.6 is 11.8 Å². The monoisotopic (exact) mass is 202 g/mol. The van der Waals surface area contributed by atoms with Crippen molar-refractivity contribution in [3.8, 4) is 11.5 Å². The number of methoxy groups -OCH3 is 2. The fourth-order valence-corrected chi connectivity index (χ4v) is 1.50. The van der Waals surface area contributed by atoms with Gasteiger partial charge >= 0.3 is 0 Å². The summed E-state index contributed by atoms with van der Waals surface area (Å²) < 4.78 is 23.3. The summed E-state index contributed by atoms with van der Waals surface area (Å²) >= 11 is 1.33. The number of halogens is 1. The predicted octanol–water partition coefficient (Wildman–Crippen LogP) is 2.56. The molecule has 0 amide bonds. The molecule has 0 spiro atoms. The molecule has 0 unspecified atom stereocenters. The molecule has 4 heteroatoms. The molecule has 0 aliphatic rings. The Kier molecular flexibility index (Phi) is 3.42. The largest absolute Gasteiger partial charge is 0.493 e. The third-order valence-electron chi connectivity index (χ3n) is 1.67. The normalized spacial score (nSPS) is 9.85. The number of ether oxygens (including phenoxy) is 2. The van der Waals surface area contributed by atoms with Crippen LogP contribution in [0.4, 0.5) is 4.39 Å². The molecule has 2 nitrogen and oxygen atoms in total. The Morgan fingerprint density at radius 2 is 1.92 bits per heavy atom. The molecule has 0 N–H and O–H groups in total. The van der Waals surface area contributed by atoms with E-state index in [9.17, 15) is 4.39 Å². The quantitative estimate of drug-likeness (QED) is 0.702. The molecular formula is C9H11FO2S. The first-order valence-corrected chi connectivity index (χ1v) is 4.91. The first kappa shape index (κ1) is 10.2. The van der Waals surface area contributed by atoms with E-state index in [1.807, 2.05) is 6.26 Å². The maximum absolute atomic E-state index is 13.5. The Bertz CT molecular complexity index is 302. The Morgan fingerprint density at radius 3 is 2.38 bits per heavy atom.